The van der Waals surface area contributed by atoms with Gasteiger partial charge < -0.3 is 10.4 Å². The molecule has 0 aliphatic carbocycles. The lowest BCUT2D eigenvalue weighted by atomic mass is 9.89. The van der Waals surface area contributed by atoms with Gasteiger partial charge in [0.25, 0.3) is 0 Å². The molecule has 0 spiro atoms. The number of hydrogen-bond donors (Lipinski definition) is 2. The van der Waals surface area contributed by atoms with E-state index in [0.29, 0.717) is 12.6 Å². The van der Waals surface area contributed by atoms with Crippen molar-refractivity contribution in [3.05, 3.63) is 0 Å². The molecule has 1 saturated heterocycles. The van der Waals surface area contributed by atoms with Gasteiger partial charge in [-0.3, -0.25) is 0 Å². The van der Waals surface area contributed by atoms with E-state index in [1.807, 2.05) is 0 Å². The van der Waals surface area contributed by atoms with Crippen LogP contribution in [0.1, 0.15) is 32.6 Å². The first-order chi connectivity index (χ1) is 5.36. The quantitative estimate of drug-likeness (QED) is 0.644. The zero-order chi connectivity index (χ0) is 8.10. The number of nitrogens with one attached hydrogen (secondary N) is 1. The number of rotatable bonds is 3. The Morgan fingerprint density at radius 1 is 1.55 bits per heavy atom. The maximum absolute atomic E-state index is 8.76. The van der Waals surface area contributed by atoms with Gasteiger partial charge in [-0.25, -0.2) is 0 Å². The highest BCUT2D eigenvalue weighted by molar-refractivity contribution is 4.76. The van der Waals surface area contributed by atoms with Crippen LogP contribution in [0.4, 0.5) is 0 Å². The van der Waals surface area contributed by atoms with Gasteiger partial charge >= 0.3 is 0 Å². The van der Waals surface area contributed by atoms with Gasteiger partial charge in [-0.15, -0.1) is 0 Å². The minimum atomic E-state index is 0.362. The fraction of sp³-hybridized carbons (Fsp3) is 1.00. The van der Waals surface area contributed by atoms with Crippen molar-refractivity contribution in [2.75, 3.05) is 13.2 Å². The van der Waals surface area contributed by atoms with E-state index in [9.17, 15) is 0 Å². The van der Waals surface area contributed by atoms with E-state index >= 15 is 0 Å². The summed E-state index contributed by atoms with van der Waals surface area (Å²) in [4.78, 5) is 0. The predicted molar refractivity (Wildman–Crippen MR) is 46.5 cm³/mol. The lowest BCUT2D eigenvalue weighted by molar-refractivity contribution is 0.214. The van der Waals surface area contributed by atoms with Gasteiger partial charge in [-0.2, -0.15) is 0 Å². The highest BCUT2D eigenvalue weighted by Crippen LogP contribution is 2.20. The fourth-order valence-corrected chi connectivity index (χ4v) is 1.85. The molecule has 2 atom stereocenters. The molecule has 66 valence electrons. The Bertz CT molecular complexity index is 104. The first-order valence-corrected chi connectivity index (χ1v) is 4.71. The minimum Gasteiger partial charge on any atom is -0.396 e. The number of hydrogen-bond acceptors (Lipinski definition) is 2. The van der Waals surface area contributed by atoms with E-state index < -0.39 is 0 Å². The van der Waals surface area contributed by atoms with Crippen molar-refractivity contribution in [2.24, 2.45) is 5.92 Å². The molecule has 1 aliphatic rings. The maximum Gasteiger partial charge on any atom is 0.0433 e. The summed E-state index contributed by atoms with van der Waals surface area (Å²) in [6, 6.07) is 0.709. The minimum absolute atomic E-state index is 0.362. The Labute approximate surface area is 69.0 Å². The molecule has 2 heteroatoms. The van der Waals surface area contributed by atoms with Crippen molar-refractivity contribution in [3.63, 3.8) is 0 Å². The average Bonchev–Trinajstić information content (AvgIpc) is 2.06. The molecule has 0 saturated carbocycles. The lowest BCUT2D eigenvalue weighted by Crippen LogP contribution is -2.37. The van der Waals surface area contributed by atoms with Gasteiger partial charge in [0.15, 0.2) is 0 Å². The summed E-state index contributed by atoms with van der Waals surface area (Å²) in [5.41, 5.74) is 0. The SMILES string of the molecule is CCC1CC(CCO)CCN1. The van der Waals surface area contributed by atoms with E-state index in [2.05, 4.69) is 12.2 Å². The average molecular weight is 157 g/mol. The molecule has 0 bridgehead atoms. The van der Waals surface area contributed by atoms with Gasteiger partial charge in [0, 0.05) is 12.6 Å². The van der Waals surface area contributed by atoms with E-state index in [1.54, 1.807) is 0 Å². The second-order valence-electron chi connectivity index (χ2n) is 3.46. The molecule has 2 unspecified atom stereocenters. The molecule has 0 radical (unpaired) electrons. The van der Waals surface area contributed by atoms with Gasteiger partial charge in [0.1, 0.15) is 0 Å². The molecule has 11 heavy (non-hydrogen) atoms. The predicted octanol–water partition coefficient (Wildman–Crippen LogP) is 1.15. The zero-order valence-electron chi connectivity index (χ0n) is 7.34. The van der Waals surface area contributed by atoms with Gasteiger partial charge in [0.2, 0.25) is 0 Å². The molecule has 1 fully saturated rings. The summed E-state index contributed by atoms with van der Waals surface area (Å²) < 4.78 is 0. The molecule has 2 N–H and O–H groups in total. The van der Waals surface area contributed by atoms with Gasteiger partial charge in [-0.1, -0.05) is 6.92 Å². The standard InChI is InChI=1S/C9H19NO/c1-2-9-7-8(4-6-11)3-5-10-9/h8-11H,2-7H2,1H3. The Kier molecular flexibility index (Phi) is 3.87. The van der Waals surface area contributed by atoms with E-state index in [-0.39, 0.29) is 0 Å². The van der Waals surface area contributed by atoms with Crippen LogP contribution >= 0.6 is 0 Å². The van der Waals surface area contributed by atoms with Crippen LogP contribution in [-0.2, 0) is 0 Å². The summed E-state index contributed by atoms with van der Waals surface area (Å²) in [6.45, 7) is 3.73. The van der Waals surface area contributed by atoms with Crippen LogP contribution in [-0.4, -0.2) is 24.3 Å². The topological polar surface area (TPSA) is 32.3 Å². The smallest absolute Gasteiger partial charge is 0.0433 e. The normalized spacial score (nSPS) is 32.2. The highest BCUT2D eigenvalue weighted by atomic mass is 16.3. The van der Waals surface area contributed by atoms with Crippen LogP contribution in [0.5, 0.6) is 0 Å². The highest BCUT2D eigenvalue weighted by Gasteiger charge is 2.18. The molecule has 0 aromatic heterocycles. The van der Waals surface area contributed by atoms with Crippen molar-refractivity contribution in [1.29, 1.82) is 0 Å². The van der Waals surface area contributed by atoms with Crippen LogP contribution in [0.25, 0.3) is 0 Å². The third-order valence-electron chi connectivity index (χ3n) is 2.63. The lowest BCUT2D eigenvalue weighted by Gasteiger charge is -2.29. The van der Waals surface area contributed by atoms with Crippen LogP contribution in [0.3, 0.4) is 0 Å². The van der Waals surface area contributed by atoms with Crippen LogP contribution < -0.4 is 5.32 Å². The van der Waals surface area contributed by atoms with Gasteiger partial charge in [0.05, 0.1) is 0 Å². The molecule has 0 aromatic rings. The molecule has 1 aliphatic heterocycles. The number of aliphatic hydroxyl groups is 1. The summed E-state index contributed by atoms with van der Waals surface area (Å²) in [6.07, 6.45) is 4.73. The Hall–Kier alpha value is -0.0800. The van der Waals surface area contributed by atoms with Crippen molar-refractivity contribution in [2.45, 2.75) is 38.6 Å². The maximum atomic E-state index is 8.76. The van der Waals surface area contributed by atoms with Crippen molar-refractivity contribution in [3.8, 4) is 0 Å². The van der Waals surface area contributed by atoms with E-state index in [4.69, 9.17) is 5.11 Å². The first-order valence-electron chi connectivity index (χ1n) is 4.71. The summed E-state index contributed by atoms with van der Waals surface area (Å²) in [5, 5.41) is 12.2. The Balaban J connectivity index is 2.21. The number of piperidine rings is 1. The molecule has 0 amide bonds. The molecular weight excluding hydrogens is 138 g/mol. The van der Waals surface area contributed by atoms with E-state index in [0.717, 1.165) is 18.9 Å². The largest absolute Gasteiger partial charge is 0.396 e. The Morgan fingerprint density at radius 2 is 2.36 bits per heavy atom. The van der Waals surface area contributed by atoms with Crippen LogP contribution in [0.15, 0.2) is 0 Å². The summed E-state index contributed by atoms with van der Waals surface area (Å²) in [7, 11) is 0. The third kappa shape index (κ3) is 2.80. The van der Waals surface area contributed by atoms with E-state index in [1.165, 1.54) is 19.3 Å². The van der Waals surface area contributed by atoms with Gasteiger partial charge in [-0.05, 0) is 38.1 Å². The van der Waals surface area contributed by atoms with Crippen molar-refractivity contribution >= 4 is 0 Å². The second-order valence-corrected chi connectivity index (χ2v) is 3.46. The third-order valence-corrected chi connectivity index (χ3v) is 2.63. The molecule has 1 heterocycles. The van der Waals surface area contributed by atoms with Crippen LogP contribution in [0, 0.1) is 5.92 Å². The zero-order valence-corrected chi connectivity index (χ0v) is 7.34. The summed E-state index contributed by atoms with van der Waals surface area (Å²) in [5.74, 6) is 0.770. The van der Waals surface area contributed by atoms with Crippen molar-refractivity contribution < 1.29 is 5.11 Å². The molecular formula is C9H19NO. The first kappa shape index (κ1) is 9.01. The molecule has 2 nitrogen and oxygen atoms in total. The second kappa shape index (κ2) is 4.73. The monoisotopic (exact) mass is 157 g/mol. The fourth-order valence-electron chi connectivity index (χ4n) is 1.85. The van der Waals surface area contributed by atoms with Crippen molar-refractivity contribution in [1.82, 2.24) is 5.32 Å². The summed E-state index contributed by atoms with van der Waals surface area (Å²) >= 11 is 0. The number of aliphatic hydroxyl groups excluding tert-OH is 1. The van der Waals surface area contributed by atoms with Crippen LogP contribution in [0.2, 0.25) is 0 Å². The molecule has 0 aromatic carbocycles. The Morgan fingerprint density at radius 3 is 3.00 bits per heavy atom. The molecule has 1 rings (SSSR count).